The van der Waals surface area contributed by atoms with Crippen LogP contribution in [-0.4, -0.2) is 25.7 Å². The molecule has 0 aromatic heterocycles. The highest BCUT2D eigenvalue weighted by Crippen LogP contribution is 2.48. The summed E-state index contributed by atoms with van der Waals surface area (Å²) in [7, 11) is 3.41. The van der Waals surface area contributed by atoms with E-state index < -0.39 is 0 Å². The van der Waals surface area contributed by atoms with Gasteiger partial charge in [0.25, 0.3) is 0 Å². The van der Waals surface area contributed by atoms with Gasteiger partial charge in [0, 0.05) is 17.1 Å². The maximum atomic E-state index is 5.38. The van der Waals surface area contributed by atoms with Gasteiger partial charge in [0.15, 0.2) is 0 Å². The van der Waals surface area contributed by atoms with Gasteiger partial charge in [-0.25, -0.2) is 0 Å². The Kier molecular flexibility index (Phi) is 3.70. The van der Waals surface area contributed by atoms with Gasteiger partial charge in [-0.1, -0.05) is 0 Å². The Morgan fingerprint density at radius 3 is 2.47 bits per heavy atom. The fourth-order valence-electron chi connectivity index (χ4n) is 1.56. The average molecular weight is 242 g/mol. The predicted molar refractivity (Wildman–Crippen MR) is 67.2 cm³/mol. The number of thioether (sulfide) groups is 2. The normalized spacial score (nSPS) is 16.7. The number of methoxy groups -OCH3 is 2. The molecule has 1 aromatic rings. The predicted octanol–water partition coefficient (Wildman–Crippen LogP) is 3.18. The van der Waals surface area contributed by atoms with Gasteiger partial charge in [-0.3, -0.25) is 0 Å². The first-order chi connectivity index (χ1) is 7.35. The van der Waals surface area contributed by atoms with Crippen molar-refractivity contribution in [2.24, 2.45) is 0 Å². The first-order valence-corrected chi connectivity index (χ1v) is 6.90. The number of ether oxygens (including phenoxy) is 2. The van der Waals surface area contributed by atoms with E-state index in [9.17, 15) is 0 Å². The smallest absolute Gasteiger partial charge is 0.124 e. The van der Waals surface area contributed by atoms with E-state index >= 15 is 0 Å². The lowest BCUT2D eigenvalue weighted by atomic mass is 10.2. The Labute approximate surface area is 98.7 Å². The first-order valence-electron chi connectivity index (χ1n) is 4.80. The Bertz CT molecular complexity index is 335. The van der Waals surface area contributed by atoms with Crippen LogP contribution >= 0.6 is 23.5 Å². The lowest BCUT2D eigenvalue weighted by Gasteiger charge is -2.14. The van der Waals surface area contributed by atoms with Crippen molar-refractivity contribution in [1.29, 1.82) is 0 Å². The summed E-state index contributed by atoms with van der Waals surface area (Å²) in [5, 5.41) is 0. The quantitative estimate of drug-likeness (QED) is 0.810. The molecule has 1 saturated heterocycles. The molecule has 1 aliphatic heterocycles. The highest BCUT2D eigenvalue weighted by atomic mass is 32.2. The molecular weight excluding hydrogens is 228 g/mol. The van der Waals surface area contributed by atoms with Crippen molar-refractivity contribution in [2.45, 2.75) is 4.58 Å². The van der Waals surface area contributed by atoms with Crippen LogP contribution < -0.4 is 9.47 Å². The largest absolute Gasteiger partial charge is 0.497 e. The summed E-state index contributed by atoms with van der Waals surface area (Å²) in [5.41, 5.74) is 1.24. The van der Waals surface area contributed by atoms with E-state index in [-0.39, 0.29) is 0 Å². The summed E-state index contributed by atoms with van der Waals surface area (Å²) in [4.78, 5) is 0. The standard InChI is InChI=1S/C11H14O2S2/c1-12-8-3-4-10(13-2)9(7-8)11-14-5-6-15-11/h3-4,7,11H,5-6H2,1-2H3. The molecule has 0 saturated carbocycles. The Hall–Kier alpha value is -0.480. The molecule has 4 heteroatoms. The average Bonchev–Trinajstić information content (AvgIpc) is 2.81. The van der Waals surface area contributed by atoms with Crippen LogP contribution in [0.25, 0.3) is 0 Å². The number of benzene rings is 1. The zero-order chi connectivity index (χ0) is 10.7. The molecule has 0 N–H and O–H groups in total. The molecule has 0 atom stereocenters. The minimum Gasteiger partial charge on any atom is -0.497 e. The van der Waals surface area contributed by atoms with E-state index in [1.54, 1.807) is 14.2 Å². The van der Waals surface area contributed by atoms with E-state index in [1.165, 1.54) is 17.1 Å². The maximum Gasteiger partial charge on any atom is 0.124 e. The number of rotatable bonds is 3. The molecular formula is C11H14O2S2. The van der Waals surface area contributed by atoms with Crippen molar-refractivity contribution in [3.63, 3.8) is 0 Å². The summed E-state index contributed by atoms with van der Waals surface area (Å²) >= 11 is 3.94. The van der Waals surface area contributed by atoms with Crippen molar-refractivity contribution in [3.05, 3.63) is 23.8 Å². The molecule has 1 fully saturated rings. The molecule has 0 radical (unpaired) electrons. The Balaban J connectivity index is 2.32. The molecule has 0 unspecified atom stereocenters. The second-order valence-corrected chi connectivity index (χ2v) is 5.91. The monoisotopic (exact) mass is 242 g/mol. The maximum absolute atomic E-state index is 5.38. The minimum atomic E-state index is 0.495. The van der Waals surface area contributed by atoms with Crippen LogP contribution in [0, 0.1) is 0 Å². The van der Waals surface area contributed by atoms with Crippen LogP contribution in [-0.2, 0) is 0 Å². The molecule has 0 bridgehead atoms. The number of hydrogen-bond donors (Lipinski definition) is 0. The zero-order valence-corrected chi connectivity index (χ0v) is 10.5. The molecule has 1 heterocycles. The highest BCUT2D eigenvalue weighted by molar-refractivity contribution is 8.19. The fourth-order valence-corrected chi connectivity index (χ4v) is 4.45. The third-order valence-corrected chi connectivity index (χ3v) is 5.38. The lowest BCUT2D eigenvalue weighted by Crippen LogP contribution is -1.94. The van der Waals surface area contributed by atoms with Crippen molar-refractivity contribution >= 4 is 23.5 Å². The van der Waals surface area contributed by atoms with Gasteiger partial charge < -0.3 is 9.47 Å². The van der Waals surface area contributed by atoms with E-state index in [4.69, 9.17) is 9.47 Å². The molecule has 82 valence electrons. The van der Waals surface area contributed by atoms with E-state index in [2.05, 4.69) is 6.07 Å². The van der Waals surface area contributed by atoms with Crippen molar-refractivity contribution in [3.8, 4) is 11.5 Å². The van der Waals surface area contributed by atoms with Crippen molar-refractivity contribution in [2.75, 3.05) is 25.7 Å². The van der Waals surface area contributed by atoms with Gasteiger partial charge in [0.2, 0.25) is 0 Å². The molecule has 2 nitrogen and oxygen atoms in total. The molecule has 2 rings (SSSR count). The van der Waals surface area contributed by atoms with Crippen LogP contribution in [0.3, 0.4) is 0 Å². The molecule has 0 spiro atoms. The summed E-state index contributed by atoms with van der Waals surface area (Å²) in [6.45, 7) is 0. The summed E-state index contributed by atoms with van der Waals surface area (Å²) in [6, 6.07) is 6.00. The van der Waals surface area contributed by atoms with Crippen molar-refractivity contribution in [1.82, 2.24) is 0 Å². The van der Waals surface area contributed by atoms with Crippen LogP contribution in [0.15, 0.2) is 18.2 Å². The highest BCUT2D eigenvalue weighted by Gasteiger charge is 2.22. The SMILES string of the molecule is COc1ccc(OC)c(C2SCCS2)c1. The second kappa shape index (κ2) is 5.03. The van der Waals surface area contributed by atoms with Crippen LogP contribution in [0.2, 0.25) is 0 Å². The molecule has 0 aliphatic carbocycles. The van der Waals surface area contributed by atoms with E-state index in [0.717, 1.165) is 11.5 Å². The third-order valence-electron chi connectivity index (χ3n) is 2.31. The third kappa shape index (κ3) is 2.37. The van der Waals surface area contributed by atoms with E-state index in [1.807, 2.05) is 35.7 Å². The number of hydrogen-bond acceptors (Lipinski definition) is 4. The van der Waals surface area contributed by atoms with Crippen molar-refractivity contribution < 1.29 is 9.47 Å². The summed E-state index contributed by atoms with van der Waals surface area (Å²) in [6.07, 6.45) is 0. The zero-order valence-electron chi connectivity index (χ0n) is 8.86. The first kappa shape index (κ1) is 11.0. The van der Waals surface area contributed by atoms with Crippen LogP contribution in [0.5, 0.6) is 11.5 Å². The molecule has 15 heavy (non-hydrogen) atoms. The van der Waals surface area contributed by atoms with Gasteiger partial charge in [0.05, 0.1) is 18.8 Å². The molecule has 1 aliphatic rings. The minimum absolute atomic E-state index is 0.495. The Morgan fingerprint density at radius 1 is 1.13 bits per heavy atom. The topological polar surface area (TPSA) is 18.5 Å². The molecule has 1 aromatic carbocycles. The second-order valence-electron chi connectivity index (χ2n) is 3.18. The molecule has 0 amide bonds. The van der Waals surface area contributed by atoms with E-state index in [0.29, 0.717) is 4.58 Å². The van der Waals surface area contributed by atoms with Gasteiger partial charge >= 0.3 is 0 Å². The van der Waals surface area contributed by atoms with Crippen LogP contribution in [0.4, 0.5) is 0 Å². The van der Waals surface area contributed by atoms with Crippen LogP contribution in [0.1, 0.15) is 10.1 Å². The lowest BCUT2D eigenvalue weighted by molar-refractivity contribution is 0.400. The Morgan fingerprint density at radius 2 is 1.87 bits per heavy atom. The van der Waals surface area contributed by atoms with Gasteiger partial charge in [-0.15, -0.1) is 23.5 Å². The van der Waals surface area contributed by atoms with Gasteiger partial charge in [0.1, 0.15) is 11.5 Å². The summed E-state index contributed by atoms with van der Waals surface area (Å²) in [5.74, 6) is 4.30. The fraction of sp³-hybridized carbons (Fsp3) is 0.455. The van der Waals surface area contributed by atoms with Gasteiger partial charge in [-0.2, -0.15) is 0 Å². The summed E-state index contributed by atoms with van der Waals surface area (Å²) < 4.78 is 11.1. The van der Waals surface area contributed by atoms with Gasteiger partial charge in [-0.05, 0) is 18.2 Å².